The Morgan fingerprint density at radius 2 is 1.95 bits per heavy atom. The second kappa shape index (κ2) is 6.60. The van der Waals surface area contributed by atoms with Crippen molar-refractivity contribution >= 4 is 16.7 Å². The van der Waals surface area contributed by atoms with Crippen molar-refractivity contribution in [3.63, 3.8) is 0 Å². The summed E-state index contributed by atoms with van der Waals surface area (Å²) in [6.45, 7) is 0.565. The normalized spacial score (nSPS) is 16.5. The molecule has 116 valence electrons. The number of benzene rings is 1. The van der Waals surface area contributed by atoms with Crippen LogP contribution in [0, 0.1) is 5.92 Å². The molecule has 1 aromatic rings. The molecular formula is C14H16F3NO2S. The number of hydrogen-bond acceptors (Lipinski definition) is 2. The monoisotopic (exact) mass is 319 g/mol. The minimum Gasteiger partial charge on any atom is -0.355 e. The number of halogens is 3. The van der Waals surface area contributed by atoms with Gasteiger partial charge in [0.1, 0.15) is 5.75 Å². The van der Waals surface area contributed by atoms with E-state index in [-0.39, 0.29) is 23.0 Å². The summed E-state index contributed by atoms with van der Waals surface area (Å²) in [7, 11) is -1.65. The van der Waals surface area contributed by atoms with Gasteiger partial charge in [0.25, 0.3) is 0 Å². The molecular weight excluding hydrogens is 303 g/mol. The molecule has 1 atom stereocenters. The van der Waals surface area contributed by atoms with Gasteiger partial charge in [-0.1, -0.05) is 18.2 Å². The van der Waals surface area contributed by atoms with Gasteiger partial charge in [-0.05, 0) is 30.4 Å². The fourth-order valence-electron chi connectivity index (χ4n) is 1.92. The molecule has 21 heavy (non-hydrogen) atoms. The summed E-state index contributed by atoms with van der Waals surface area (Å²) in [6, 6.07) is 5.01. The van der Waals surface area contributed by atoms with Crippen LogP contribution >= 0.6 is 0 Å². The van der Waals surface area contributed by atoms with E-state index in [0.29, 0.717) is 12.5 Å². The maximum atomic E-state index is 12.8. The van der Waals surface area contributed by atoms with Crippen molar-refractivity contribution in [2.24, 2.45) is 5.92 Å². The molecule has 1 fully saturated rings. The van der Waals surface area contributed by atoms with Crippen LogP contribution in [0.15, 0.2) is 24.3 Å². The summed E-state index contributed by atoms with van der Waals surface area (Å²) in [5.74, 6) is -0.399. The van der Waals surface area contributed by atoms with Gasteiger partial charge in [0.2, 0.25) is 5.91 Å². The van der Waals surface area contributed by atoms with E-state index in [1.54, 1.807) is 0 Å². The van der Waals surface area contributed by atoms with E-state index in [0.717, 1.165) is 18.9 Å². The van der Waals surface area contributed by atoms with Crippen LogP contribution in [0.1, 0.15) is 24.0 Å². The van der Waals surface area contributed by atoms with Gasteiger partial charge in [0.15, 0.2) is 0 Å². The SMILES string of the molecule is O=C(CS(=O)Cc1ccccc1C(F)(F)F)NCC1CC1. The van der Waals surface area contributed by atoms with Crippen molar-refractivity contribution in [3.8, 4) is 0 Å². The summed E-state index contributed by atoms with van der Waals surface area (Å²) in [4.78, 5) is 11.5. The molecule has 7 heteroatoms. The zero-order chi connectivity index (χ0) is 15.5. The number of rotatable bonds is 6. The molecule has 0 aliphatic heterocycles. The number of nitrogens with one attached hydrogen (secondary N) is 1. The lowest BCUT2D eigenvalue weighted by Gasteiger charge is -2.12. The van der Waals surface area contributed by atoms with Gasteiger partial charge in [-0.15, -0.1) is 0 Å². The molecule has 1 N–H and O–H groups in total. The predicted octanol–water partition coefficient (Wildman–Crippen LogP) is 2.48. The van der Waals surface area contributed by atoms with Crippen LogP contribution in [0.2, 0.25) is 0 Å². The highest BCUT2D eigenvalue weighted by Crippen LogP contribution is 2.32. The average Bonchev–Trinajstić information content (AvgIpc) is 3.19. The van der Waals surface area contributed by atoms with Gasteiger partial charge < -0.3 is 5.32 Å². The van der Waals surface area contributed by atoms with Crippen molar-refractivity contribution in [1.82, 2.24) is 5.32 Å². The van der Waals surface area contributed by atoms with Crippen LogP contribution < -0.4 is 5.32 Å². The Hall–Kier alpha value is -1.37. The molecule has 1 unspecified atom stereocenters. The molecule has 1 aromatic carbocycles. The topological polar surface area (TPSA) is 46.2 Å². The Balaban J connectivity index is 1.91. The van der Waals surface area contributed by atoms with Crippen LogP contribution in [0.25, 0.3) is 0 Å². The molecule has 1 aliphatic rings. The predicted molar refractivity (Wildman–Crippen MR) is 73.9 cm³/mol. The van der Waals surface area contributed by atoms with E-state index >= 15 is 0 Å². The lowest BCUT2D eigenvalue weighted by atomic mass is 10.1. The van der Waals surface area contributed by atoms with E-state index in [9.17, 15) is 22.2 Å². The van der Waals surface area contributed by atoms with Crippen molar-refractivity contribution in [2.45, 2.75) is 24.8 Å². The molecule has 0 spiro atoms. The lowest BCUT2D eigenvalue weighted by molar-refractivity contribution is -0.138. The maximum Gasteiger partial charge on any atom is 0.416 e. The quantitative estimate of drug-likeness (QED) is 0.875. The number of alkyl halides is 3. The molecule has 3 nitrogen and oxygen atoms in total. The Morgan fingerprint density at radius 1 is 1.29 bits per heavy atom. The number of amides is 1. The third-order valence-corrected chi connectivity index (χ3v) is 4.43. The fourth-order valence-corrected chi connectivity index (χ4v) is 3.02. The molecule has 0 heterocycles. The highest BCUT2D eigenvalue weighted by molar-refractivity contribution is 7.84. The number of hydrogen-bond donors (Lipinski definition) is 1. The maximum absolute atomic E-state index is 12.8. The Morgan fingerprint density at radius 3 is 2.57 bits per heavy atom. The van der Waals surface area contributed by atoms with Gasteiger partial charge in [-0.25, -0.2) is 0 Å². The third-order valence-electron chi connectivity index (χ3n) is 3.22. The van der Waals surface area contributed by atoms with Gasteiger partial charge in [-0.3, -0.25) is 9.00 Å². The zero-order valence-electron chi connectivity index (χ0n) is 11.3. The van der Waals surface area contributed by atoms with E-state index in [1.807, 2.05) is 0 Å². The summed E-state index contributed by atoms with van der Waals surface area (Å²) in [5, 5.41) is 2.65. The second-order valence-electron chi connectivity index (χ2n) is 5.13. The lowest BCUT2D eigenvalue weighted by Crippen LogP contribution is -2.30. The van der Waals surface area contributed by atoms with Crippen LogP contribution in [-0.4, -0.2) is 22.4 Å². The van der Waals surface area contributed by atoms with Gasteiger partial charge in [-0.2, -0.15) is 13.2 Å². The summed E-state index contributed by atoms with van der Waals surface area (Å²) in [5.41, 5.74) is -0.838. The summed E-state index contributed by atoms with van der Waals surface area (Å²) >= 11 is 0. The van der Waals surface area contributed by atoms with Gasteiger partial charge in [0, 0.05) is 23.1 Å². The second-order valence-corrected chi connectivity index (χ2v) is 6.59. The highest BCUT2D eigenvalue weighted by atomic mass is 32.2. The first-order chi connectivity index (χ1) is 9.86. The third kappa shape index (κ3) is 5.15. The van der Waals surface area contributed by atoms with E-state index in [1.165, 1.54) is 18.2 Å². The minimum atomic E-state index is -4.48. The largest absolute Gasteiger partial charge is 0.416 e. The highest BCUT2D eigenvalue weighted by Gasteiger charge is 2.33. The van der Waals surface area contributed by atoms with Crippen molar-refractivity contribution in [3.05, 3.63) is 35.4 Å². The zero-order valence-corrected chi connectivity index (χ0v) is 12.1. The van der Waals surface area contributed by atoms with Crippen LogP contribution in [0.3, 0.4) is 0 Å². The first-order valence-electron chi connectivity index (χ1n) is 6.63. The average molecular weight is 319 g/mol. The molecule has 2 rings (SSSR count). The molecule has 1 aliphatic carbocycles. The molecule has 1 amide bonds. The smallest absolute Gasteiger partial charge is 0.355 e. The first-order valence-corrected chi connectivity index (χ1v) is 8.12. The van der Waals surface area contributed by atoms with Crippen LogP contribution in [0.4, 0.5) is 13.2 Å². The Bertz CT molecular complexity index is 541. The van der Waals surface area contributed by atoms with Gasteiger partial charge >= 0.3 is 6.18 Å². The van der Waals surface area contributed by atoms with E-state index in [4.69, 9.17) is 0 Å². The summed E-state index contributed by atoms with van der Waals surface area (Å²) < 4.78 is 50.2. The van der Waals surface area contributed by atoms with Crippen molar-refractivity contribution in [1.29, 1.82) is 0 Å². The number of carbonyl (C=O) groups excluding carboxylic acids is 1. The van der Waals surface area contributed by atoms with Crippen molar-refractivity contribution < 1.29 is 22.2 Å². The Kier molecular flexibility index (Phi) is 5.03. The van der Waals surface area contributed by atoms with Crippen LogP contribution in [-0.2, 0) is 27.5 Å². The first kappa shape index (κ1) is 16.0. The molecule has 0 radical (unpaired) electrons. The Labute approximate surface area is 123 Å². The number of carbonyl (C=O) groups is 1. The molecule has 0 saturated heterocycles. The minimum absolute atomic E-state index is 0.0432. The van der Waals surface area contributed by atoms with E-state index in [2.05, 4.69) is 5.32 Å². The van der Waals surface area contributed by atoms with Gasteiger partial charge in [0.05, 0.1) is 5.56 Å². The summed E-state index contributed by atoms with van der Waals surface area (Å²) in [6.07, 6.45) is -2.31. The standard InChI is InChI=1S/C14H16F3NO2S/c15-14(16,17)12-4-2-1-3-11(12)8-21(20)9-13(19)18-7-10-5-6-10/h1-4,10H,5-9H2,(H,18,19). The van der Waals surface area contributed by atoms with Crippen molar-refractivity contribution in [2.75, 3.05) is 12.3 Å². The molecule has 0 aromatic heterocycles. The molecule has 1 saturated carbocycles. The van der Waals surface area contributed by atoms with E-state index < -0.39 is 22.5 Å². The molecule has 0 bridgehead atoms. The fraction of sp³-hybridized carbons (Fsp3) is 0.500. The van der Waals surface area contributed by atoms with Crippen LogP contribution in [0.5, 0.6) is 0 Å².